The van der Waals surface area contributed by atoms with E-state index in [1.807, 2.05) is 4.90 Å². The molecule has 100 valence electrons. The molecule has 1 aliphatic carbocycles. The third-order valence-electron chi connectivity index (χ3n) is 3.41. The van der Waals surface area contributed by atoms with Gasteiger partial charge in [0, 0.05) is 24.0 Å². The molecule has 0 spiro atoms. The average molecular weight is 289 g/mol. The molecule has 5 nitrogen and oxygen atoms in total. The van der Waals surface area contributed by atoms with Crippen LogP contribution in [0.5, 0.6) is 0 Å². The van der Waals surface area contributed by atoms with Gasteiger partial charge >= 0.3 is 0 Å². The van der Waals surface area contributed by atoms with E-state index in [9.17, 15) is 4.79 Å². The molecular formula is C11H17ClN4OS. The van der Waals surface area contributed by atoms with Crippen molar-refractivity contribution in [1.29, 1.82) is 0 Å². The first-order chi connectivity index (χ1) is 8.34. The standard InChI is InChI=1S/C11H16N4OS.ClH/c16-11(10-7-17-14-13-10)15(9-3-4-9)6-8-2-1-5-12-8;/h7-9,12H,1-6H2;1H. The lowest BCUT2D eigenvalue weighted by molar-refractivity contribution is 0.0722. The minimum absolute atomic E-state index is 0. The molecule has 0 bridgehead atoms. The zero-order valence-corrected chi connectivity index (χ0v) is 11.7. The van der Waals surface area contributed by atoms with Crippen LogP contribution >= 0.6 is 23.9 Å². The number of hydrogen-bond donors (Lipinski definition) is 1. The summed E-state index contributed by atoms with van der Waals surface area (Å²) < 4.78 is 3.77. The van der Waals surface area contributed by atoms with Crippen molar-refractivity contribution >= 4 is 29.8 Å². The predicted octanol–water partition coefficient (Wildman–Crippen LogP) is 1.32. The van der Waals surface area contributed by atoms with Crippen LogP contribution in [0.2, 0.25) is 0 Å². The van der Waals surface area contributed by atoms with Crippen LogP contribution in [-0.4, -0.2) is 45.6 Å². The molecule has 2 heterocycles. The van der Waals surface area contributed by atoms with Gasteiger partial charge in [-0.3, -0.25) is 4.79 Å². The zero-order valence-electron chi connectivity index (χ0n) is 10.0. The summed E-state index contributed by atoms with van der Waals surface area (Å²) in [6, 6.07) is 0.901. The number of carbonyl (C=O) groups excluding carboxylic acids is 1. The summed E-state index contributed by atoms with van der Waals surface area (Å²) in [5.41, 5.74) is 0.500. The molecule has 1 aromatic rings. The Labute approximate surface area is 117 Å². The maximum absolute atomic E-state index is 12.3. The van der Waals surface area contributed by atoms with Gasteiger partial charge in [0.1, 0.15) is 0 Å². The van der Waals surface area contributed by atoms with Crippen LogP contribution in [0.3, 0.4) is 0 Å². The van der Waals surface area contributed by atoms with Crippen LogP contribution < -0.4 is 5.32 Å². The Balaban J connectivity index is 0.00000120. The van der Waals surface area contributed by atoms with Gasteiger partial charge in [-0.1, -0.05) is 4.49 Å². The number of aromatic nitrogens is 2. The second-order valence-corrected chi connectivity index (χ2v) is 5.38. The van der Waals surface area contributed by atoms with Crippen LogP contribution in [0.1, 0.15) is 36.2 Å². The summed E-state index contributed by atoms with van der Waals surface area (Å²) in [7, 11) is 0. The van der Waals surface area contributed by atoms with Gasteiger partial charge in [-0.25, -0.2) is 0 Å². The molecule has 18 heavy (non-hydrogen) atoms. The van der Waals surface area contributed by atoms with Crippen molar-refractivity contribution in [3.63, 3.8) is 0 Å². The van der Waals surface area contributed by atoms with Crippen LogP contribution in [0.25, 0.3) is 0 Å². The first-order valence-electron chi connectivity index (χ1n) is 6.16. The Morgan fingerprint density at radius 1 is 1.50 bits per heavy atom. The molecule has 2 fully saturated rings. The highest BCUT2D eigenvalue weighted by molar-refractivity contribution is 7.03. The Hall–Kier alpha value is -0.720. The molecule has 2 aliphatic rings. The Morgan fingerprint density at radius 3 is 2.89 bits per heavy atom. The second kappa shape index (κ2) is 5.95. The third-order valence-corrected chi connectivity index (χ3v) is 3.91. The highest BCUT2D eigenvalue weighted by Crippen LogP contribution is 2.29. The van der Waals surface area contributed by atoms with Gasteiger partial charge in [0.2, 0.25) is 0 Å². The van der Waals surface area contributed by atoms with Crippen LogP contribution in [0.15, 0.2) is 5.38 Å². The number of amides is 1. The van der Waals surface area contributed by atoms with Crippen LogP contribution in [-0.2, 0) is 0 Å². The van der Waals surface area contributed by atoms with E-state index >= 15 is 0 Å². The van der Waals surface area contributed by atoms with Gasteiger partial charge in [-0.15, -0.1) is 17.5 Å². The average Bonchev–Trinajstić information content (AvgIpc) is 2.86. The molecule has 0 aromatic carbocycles. The number of nitrogens with zero attached hydrogens (tertiary/aromatic N) is 3. The maximum Gasteiger partial charge on any atom is 0.275 e. The number of hydrogen-bond acceptors (Lipinski definition) is 5. The van der Waals surface area contributed by atoms with Crippen molar-refractivity contribution in [2.24, 2.45) is 0 Å². The van der Waals surface area contributed by atoms with Gasteiger partial charge < -0.3 is 10.2 Å². The number of carbonyl (C=O) groups is 1. The molecule has 1 saturated heterocycles. The van der Waals surface area contributed by atoms with Gasteiger partial charge in [0.15, 0.2) is 5.69 Å². The predicted molar refractivity (Wildman–Crippen MR) is 72.2 cm³/mol. The number of rotatable bonds is 4. The van der Waals surface area contributed by atoms with E-state index in [0.717, 1.165) is 25.9 Å². The molecular weight excluding hydrogens is 272 g/mol. The second-order valence-electron chi connectivity index (χ2n) is 4.77. The quantitative estimate of drug-likeness (QED) is 0.908. The van der Waals surface area contributed by atoms with E-state index in [-0.39, 0.29) is 18.3 Å². The lowest BCUT2D eigenvalue weighted by atomic mass is 10.2. The van der Waals surface area contributed by atoms with E-state index in [1.54, 1.807) is 5.38 Å². The van der Waals surface area contributed by atoms with Gasteiger partial charge in [-0.05, 0) is 43.8 Å². The Morgan fingerprint density at radius 2 is 2.33 bits per heavy atom. The summed E-state index contributed by atoms with van der Waals surface area (Å²) in [6.45, 7) is 1.90. The highest BCUT2D eigenvalue weighted by Gasteiger charge is 2.35. The molecule has 1 unspecified atom stereocenters. The first kappa shape index (κ1) is 13.7. The van der Waals surface area contributed by atoms with E-state index in [0.29, 0.717) is 17.8 Å². The highest BCUT2D eigenvalue weighted by atomic mass is 35.5. The molecule has 1 amide bonds. The summed E-state index contributed by atoms with van der Waals surface area (Å²) in [6.07, 6.45) is 4.66. The monoisotopic (exact) mass is 288 g/mol. The summed E-state index contributed by atoms with van der Waals surface area (Å²) in [5, 5.41) is 9.06. The van der Waals surface area contributed by atoms with Crippen molar-refractivity contribution in [2.45, 2.75) is 37.8 Å². The van der Waals surface area contributed by atoms with Crippen molar-refractivity contribution < 1.29 is 4.79 Å². The summed E-state index contributed by atoms with van der Waals surface area (Å²) in [5.74, 6) is 0.0509. The van der Waals surface area contributed by atoms with Gasteiger partial charge in [-0.2, -0.15) is 0 Å². The number of halogens is 1. The minimum Gasteiger partial charge on any atom is -0.333 e. The molecule has 7 heteroatoms. The molecule has 1 saturated carbocycles. The minimum atomic E-state index is 0. The first-order valence-corrected chi connectivity index (χ1v) is 6.99. The fourth-order valence-corrected chi connectivity index (χ4v) is 2.77. The van der Waals surface area contributed by atoms with E-state index in [1.165, 1.54) is 24.4 Å². The lowest BCUT2D eigenvalue weighted by Gasteiger charge is -2.24. The SMILES string of the molecule is Cl.O=C(c1csnn1)N(CC1CCCN1)C1CC1. The Bertz CT molecular complexity index is 390. The molecule has 1 aliphatic heterocycles. The van der Waals surface area contributed by atoms with Gasteiger partial charge in [0.25, 0.3) is 5.91 Å². The molecule has 0 radical (unpaired) electrons. The smallest absolute Gasteiger partial charge is 0.275 e. The molecule has 1 N–H and O–H groups in total. The lowest BCUT2D eigenvalue weighted by Crippen LogP contribution is -2.42. The maximum atomic E-state index is 12.3. The molecule has 3 rings (SSSR count). The topological polar surface area (TPSA) is 58.1 Å². The van der Waals surface area contributed by atoms with Gasteiger partial charge in [0.05, 0.1) is 0 Å². The largest absolute Gasteiger partial charge is 0.333 e. The van der Waals surface area contributed by atoms with E-state index in [4.69, 9.17) is 0 Å². The Kier molecular flexibility index (Phi) is 4.53. The van der Waals surface area contributed by atoms with E-state index in [2.05, 4.69) is 14.9 Å². The van der Waals surface area contributed by atoms with Crippen molar-refractivity contribution in [1.82, 2.24) is 19.8 Å². The van der Waals surface area contributed by atoms with Crippen LogP contribution in [0.4, 0.5) is 0 Å². The normalized spacial score (nSPS) is 22.6. The van der Waals surface area contributed by atoms with Crippen LogP contribution in [0, 0.1) is 0 Å². The fraction of sp³-hybridized carbons (Fsp3) is 0.727. The summed E-state index contributed by atoms with van der Waals surface area (Å²) >= 11 is 1.24. The number of nitrogens with one attached hydrogen (secondary N) is 1. The third kappa shape index (κ3) is 2.99. The molecule has 1 aromatic heterocycles. The fourth-order valence-electron chi connectivity index (χ4n) is 2.34. The van der Waals surface area contributed by atoms with E-state index < -0.39 is 0 Å². The van der Waals surface area contributed by atoms with Crippen molar-refractivity contribution in [3.8, 4) is 0 Å². The molecule has 1 atom stereocenters. The zero-order chi connectivity index (χ0) is 11.7. The van der Waals surface area contributed by atoms with Crippen molar-refractivity contribution in [2.75, 3.05) is 13.1 Å². The van der Waals surface area contributed by atoms with Crippen molar-refractivity contribution in [3.05, 3.63) is 11.1 Å². The summed E-state index contributed by atoms with van der Waals surface area (Å²) in [4.78, 5) is 14.3.